The predicted octanol–water partition coefficient (Wildman–Crippen LogP) is 4.63. The van der Waals surface area contributed by atoms with Crippen molar-refractivity contribution in [3.8, 4) is 11.5 Å². The molecule has 0 bridgehead atoms. The molecule has 0 radical (unpaired) electrons. The van der Waals surface area contributed by atoms with E-state index in [-0.39, 0.29) is 22.5 Å². The van der Waals surface area contributed by atoms with Gasteiger partial charge in [0, 0.05) is 22.2 Å². The Labute approximate surface area is 184 Å². The highest BCUT2D eigenvalue weighted by atomic mass is 35.5. The summed E-state index contributed by atoms with van der Waals surface area (Å²) in [5.74, 6) is -0.751. The molecular formula is C24H19ClO6. The van der Waals surface area contributed by atoms with Crippen molar-refractivity contribution >= 4 is 29.1 Å². The fraction of sp³-hybridized carbons (Fsp3) is 0.125. The van der Waals surface area contributed by atoms with Crippen molar-refractivity contribution in [2.24, 2.45) is 0 Å². The van der Waals surface area contributed by atoms with E-state index < -0.39 is 18.4 Å². The molecule has 0 fully saturated rings. The minimum absolute atomic E-state index is 0.0666. The fourth-order valence-electron chi connectivity index (χ4n) is 2.93. The topological polar surface area (TPSA) is 78.9 Å². The molecule has 0 N–H and O–H groups in total. The van der Waals surface area contributed by atoms with Gasteiger partial charge in [0.2, 0.25) is 5.78 Å². The Hall–Kier alpha value is -3.64. The lowest BCUT2D eigenvalue weighted by Gasteiger charge is -2.11. The van der Waals surface area contributed by atoms with Gasteiger partial charge in [0.1, 0.15) is 11.5 Å². The number of hydrogen-bond donors (Lipinski definition) is 0. The zero-order valence-electron chi connectivity index (χ0n) is 16.9. The van der Waals surface area contributed by atoms with Crippen LogP contribution in [-0.2, 0) is 4.74 Å². The van der Waals surface area contributed by atoms with Crippen LogP contribution in [0.5, 0.6) is 11.5 Å². The van der Waals surface area contributed by atoms with E-state index in [2.05, 4.69) is 0 Å². The zero-order chi connectivity index (χ0) is 22.4. The maximum Gasteiger partial charge on any atom is 0.339 e. The van der Waals surface area contributed by atoms with Crippen molar-refractivity contribution < 1.29 is 28.6 Å². The third kappa shape index (κ3) is 5.10. The van der Waals surface area contributed by atoms with E-state index in [9.17, 15) is 14.4 Å². The van der Waals surface area contributed by atoms with Crippen LogP contribution in [-0.4, -0.2) is 38.4 Å². The van der Waals surface area contributed by atoms with Gasteiger partial charge in [0.05, 0.1) is 25.3 Å². The first-order valence-corrected chi connectivity index (χ1v) is 9.64. The quantitative estimate of drug-likeness (QED) is 0.377. The predicted molar refractivity (Wildman–Crippen MR) is 115 cm³/mol. The van der Waals surface area contributed by atoms with Crippen molar-refractivity contribution in [1.82, 2.24) is 0 Å². The lowest BCUT2D eigenvalue weighted by molar-refractivity contribution is 0.0472. The van der Waals surface area contributed by atoms with Gasteiger partial charge in [0.15, 0.2) is 12.4 Å². The Kier molecular flexibility index (Phi) is 7.05. The molecule has 0 saturated carbocycles. The molecule has 31 heavy (non-hydrogen) atoms. The largest absolute Gasteiger partial charge is 0.497 e. The van der Waals surface area contributed by atoms with Gasteiger partial charge in [-0.15, -0.1) is 0 Å². The first-order valence-electron chi connectivity index (χ1n) is 9.26. The number of carbonyl (C=O) groups excluding carboxylic acids is 3. The molecule has 0 aliphatic rings. The van der Waals surface area contributed by atoms with Gasteiger partial charge in [-0.3, -0.25) is 9.59 Å². The Morgan fingerprint density at radius 2 is 1.48 bits per heavy atom. The summed E-state index contributed by atoms with van der Waals surface area (Å²) in [6.45, 7) is -0.509. The summed E-state index contributed by atoms with van der Waals surface area (Å²) in [7, 11) is 2.93. The van der Waals surface area contributed by atoms with Crippen LogP contribution in [0.1, 0.15) is 36.6 Å². The monoisotopic (exact) mass is 438 g/mol. The standard InChI is InChI=1S/C24H19ClO6/c1-29-17-11-12-20(22(13-17)30-2)21(26)14-31-24(28)19-6-4-3-5-18(19)23(27)15-7-9-16(25)10-8-15/h3-13H,14H2,1-2H3. The second-order valence-electron chi connectivity index (χ2n) is 6.45. The number of esters is 1. The Bertz CT molecular complexity index is 1120. The van der Waals surface area contributed by atoms with Crippen molar-refractivity contribution in [3.63, 3.8) is 0 Å². The summed E-state index contributed by atoms with van der Waals surface area (Å²) in [5, 5.41) is 0.497. The molecular weight excluding hydrogens is 420 g/mol. The van der Waals surface area contributed by atoms with Crippen LogP contribution in [0.25, 0.3) is 0 Å². The number of hydrogen-bond acceptors (Lipinski definition) is 6. The average Bonchev–Trinajstić information content (AvgIpc) is 2.81. The van der Waals surface area contributed by atoms with Crippen LogP contribution in [0, 0.1) is 0 Å². The molecule has 3 aromatic carbocycles. The SMILES string of the molecule is COc1ccc(C(=O)COC(=O)c2ccccc2C(=O)c2ccc(Cl)cc2)c(OC)c1. The first-order chi connectivity index (χ1) is 14.9. The van der Waals surface area contributed by atoms with Crippen LogP contribution in [0.3, 0.4) is 0 Å². The zero-order valence-corrected chi connectivity index (χ0v) is 17.6. The molecule has 158 valence electrons. The molecule has 0 spiro atoms. The molecule has 6 nitrogen and oxygen atoms in total. The molecule has 0 aliphatic carbocycles. The lowest BCUT2D eigenvalue weighted by Crippen LogP contribution is -2.17. The Morgan fingerprint density at radius 3 is 2.13 bits per heavy atom. The highest BCUT2D eigenvalue weighted by molar-refractivity contribution is 6.30. The summed E-state index contributed by atoms with van der Waals surface area (Å²) in [6, 6.07) is 17.3. The summed E-state index contributed by atoms with van der Waals surface area (Å²) in [6.07, 6.45) is 0. The third-order valence-electron chi connectivity index (χ3n) is 4.54. The van der Waals surface area contributed by atoms with Gasteiger partial charge in [0.25, 0.3) is 0 Å². The number of ketones is 2. The second kappa shape index (κ2) is 9.91. The highest BCUT2D eigenvalue weighted by Gasteiger charge is 2.21. The number of methoxy groups -OCH3 is 2. The fourth-order valence-corrected chi connectivity index (χ4v) is 3.06. The molecule has 0 heterocycles. The van der Waals surface area contributed by atoms with E-state index in [1.165, 1.54) is 32.4 Å². The first kappa shape index (κ1) is 22.1. The van der Waals surface area contributed by atoms with Gasteiger partial charge in [-0.1, -0.05) is 29.8 Å². The van der Waals surface area contributed by atoms with Crippen LogP contribution >= 0.6 is 11.6 Å². The number of benzene rings is 3. The Balaban J connectivity index is 1.77. The number of halogens is 1. The van der Waals surface area contributed by atoms with Crippen LogP contribution < -0.4 is 9.47 Å². The molecule has 0 aromatic heterocycles. The summed E-state index contributed by atoms with van der Waals surface area (Å²) in [4.78, 5) is 38.0. The number of ether oxygens (including phenoxy) is 3. The molecule has 0 unspecified atom stereocenters. The summed E-state index contributed by atoms with van der Waals surface area (Å²) < 4.78 is 15.5. The number of rotatable bonds is 8. The molecule has 0 amide bonds. The van der Waals surface area contributed by atoms with E-state index in [4.69, 9.17) is 25.8 Å². The van der Waals surface area contributed by atoms with E-state index in [0.717, 1.165) is 0 Å². The third-order valence-corrected chi connectivity index (χ3v) is 4.79. The molecule has 0 saturated heterocycles. The maximum absolute atomic E-state index is 12.8. The molecule has 0 atom stereocenters. The minimum Gasteiger partial charge on any atom is -0.497 e. The van der Waals surface area contributed by atoms with E-state index in [1.54, 1.807) is 48.5 Å². The normalized spacial score (nSPS) is 10.3. The van der Waals surface area contributed by atoms with E-state index in [0.29, 0.717) is 22.1 Å². The van der Waals surface area contributed by atoms with Crippen LogP contribution in [0.2, 0.25) is 5.02 Å². The van der Waals surface area contributed by atoms with Gasteiger partial charge in [-0.2, -0.15) is 0 Å². The van der Waals surface area contributed by atoms with Crippen molar-refractivity contribution in [2.75, 3.05) is 20.8 Å². The van der Waals surface area contributed by atoms with Gasteiger partial charge < -0.3 is 14.2 Å². The lowest BCUT2D eigenvalue weighted by atomic mass is 9.98. The highest BCUT2D eigenvalue weighted by Crippen LogP contribution is 2.25. The molecule has 3 rings (SSSR count). The van der Waals surface area contributed by atoms with Gasteiger partial charge in [-0.25, -0.2) is 4.79 Å². The van der Waals surface area contributed by atoms with Gasteiger partial charge in [-0.05, 0) is 42.5 Å². The molecule has 3 aromatic rings. The van der Waals surface area contributed by atoms with Crippen LogP contribution in [0.15, 0.2) is 66.7 Å². The second-order valence-corrected chi connectivity index (χ2v) is 6.88. The number of carbonyl (C=O) groups is 3. The number of Topliss-reactive ketones (excluding diaryl/α,β-unsaturated/α-hetero) is 1. The van der Waals surface area contributed by atoms with Crippen molar-refractivity contribution in [3.05, 3.63) is 94.0 Å². The smallest absolute Gasteiger partial charge is 0.339 e. The maximum atomic E-state index is 12.8. The van der Waals surface area contributed by atoms with Gasteiger partial charge >= 0.3 is 5.97 Å². The Morgan fingerprint density at radius 1 is 0.806 bits per heavy atom. The summed E-state index contributed by atoms with van der Waals surface area (Å²) in [5.41, 5.74) is 0.867. The average molecular weight is 439 g/mol. The van der Waals surface area contributed by atoms with E-state index in [1.807, 2.05) is 0 Å². The van der Waals surface area contributed by atoms with E-state index >= 15 is 0 Å². The minimum atomic E-state index is -0.779. The molecule has 0 aliphatic heterocycles. The summed E-state index contributed by atoms with van der Waals surface area (Å²) >= 11 is 5.87. The molecule has 7 heteroatoms. The van der Waals surface area contributed by atoms with Crippen LogP contribution in [0.4, 0.5) is 0 Å². The van der Waals surface area contributed by atoms with Crippen molar-refractivity contribution in [1.29, 1.82) is 0 Å². The van der Waals surface area contributed by atoms with Crippen molar-refractivity contribution in [2.45, 2.75) is 0 Å².